The van der Waals surface area contributed by atoms with E-state index in [9.17, 15) is 4.79 Å². The van der Waals surface area contributed by atoms with Crippen LogP contribution in [0, 0.1) is 0 Å². The van der Waals surface area contributed by atoms with Crippen LogP contribution < -0.4 is 10.5 Å². The van der Waals surface area contributed by atoms with E-state index in [1.54, 1.807) is 18.2 Å². The highest BCUT2D eigenvalue weighted by molar-refractivity contribution is 6.42. The van der Waals surface area contributed by atoms with Gasteiger partial charge in [-0.3, -0.25) is 0 Å². The summed E-state index contributed by atoms with van der Waals surface area (Å²) in [6.45, 7) is 0. The molecule has 0 spiro atoms. The zero-order chi connectivity index (χ0) is 14.0. The molecule has 0 radical (unpaired) electrons. The lowest BCUT2D eigenvalue weighted by Crippen LogP contribution is -1.99. The minimum atomic E-state index is -1.07. The molecule has 0 aromatic heterocycles. The van der Waals surface area contributed by atoms with E-state index in [1.807, 2.05) is 0 Å². The molecule has 0 saturated carbocycles. The summed E-state index contributed by atoms with van der Waals surface area (Å²) in [5.41, 5.74) is 6.11. The summed E-state index contributed by atoms with van der Waals surface area (Å²) in [5.74, 6) is -0.547. The molecule has 0 aliphatic carbocycles. The molecule has 0 saturated heterocycles. The van der Waals surface area contributed by atoms with Crippen LogP contribution in [0.2, 0.25) is 10.0 Å². The number of rotatable bonds is 3. The van der Waals surface area contributed by atoms with Crippen LogP contribution in [0.1, 0.15) is 10.4 Å². The van der Waals surface area contributed by atoms with Gasteiger partial charge in [0.2, 0.25) is 0 Å². The molecule has 0 fully saturated rings. The van der Waals surface area contributed by atoms with Crippen LogP contribution in [-0.2, 0) is 0 Å². The molecule has 3 N–H and O–H groups in total. The fourth-order valence-electron chi connectivity index (χ4n) is 1.44. The summed E-state index contributed by atoms with van der Waals surface area (Å²) in [4.78, 5) is 10.9. The Hall–Kier alpha value is -1.91. The number of nitrogens with two attached hydrogens (primary N) is 1. The van der Waals surface area contributed by atoms with E-state index in [0.717, 1.165) is 0 Å². The normalized spacial score (nSPS) is 10.2. The van der Waals surface area contributed by atoms with E-state index >= 15 is 0 Å². The first-order valence-electron chi connectivity index (χ1n) is 5.23. The number of hydrogen-bond donors (Lipinski definition) is 2. The summed E-state index contributed by atoms with van der Waals surface area (Å²) in [6.07, 6.45) is 0. The lowest BCUT2D eigenvalue weighted by atomic mass is 10.2. The van der Waals surface area contributed by atoms with Crippen LogP contribution in [0.5, 0.6) is 11.5 Å². The largest absolute Gasteiger partial charge is 0.478 e. The average Bonchev–Trinajstić information content (AvgIpc) is 2.37. The third kappa shape index (κ3) is 2.92. The lowest BCUT2D eigenvalue weighted by molar-refractivity contribution is 0.0696. The summed E-state index contributed by atoms with van der Waals surface area (Å²) in [6, 6.07) is 9.08. The maximum atomic E-state index is 10.9. The second kappa shape index (κ2) is 5.38. The number of carbonyl (C=O) groups is 1. The fraction of sp³-hybridized carbons (Fsp3) is 0. The number of hydrogen-bond acceptors (Lipinski definition) is 3. The Labute approximate surface area is 119 Å². The van der Waals surface area contributed by atoms with Crippen molar-refractivity contribution in [2.24, 2.45) is 0 Å². The van der Waals surface area contributed by atoms with Gasteiger partial charge in [-0.2, -0.15) is 0 Å². The Morgan fingerprint density at radius 2 is 1.89 bits per heavy atom. The third-order valence-electron chi connectivity index (χ3n) is 2.40. The third-order valence-corrected chi connectivity index (χ3v) is 3.20. The van der Waals surface area contributed by atoms with Crippen molar-refractivity contribution in [1.29, 1.82) is 0 Å². The van der Waals surface area contributed by atoms with E-state index < -0.39 is 5.97 Å². The molecule has 2 aromatic carbocycles. The molecule has 0 aliphatic rings. The molecular weight excluding hydrogens is 289 g/mol. The van der Waals surface area contributed by atoms with E-state index in [2.05, 4.69) is 0 Å². The summed E-state index contributed by atoms with van der Waals surface area (Å²) >= 11 is 11.8. The maximum Gasteiger partial charge on any atom is 0.335 e. The van der Waals surface area contributed by atoms with E-state index in [1.165, 1.54) is 18.2 Å². The molecule has 2 aromatic rings. The van der Waals surface area contributed by atoms with Crippen molar-refractivity contribution < 1.29 is 14.6 Å². The first kappa shape index (κ1) is 13.5. The predicted octanol–water partition coefficient (Wildman–Crippen LogP) is 4.07. The van der Waals surface area contributed by atoms with E-state index in [4.69, 9.17) is 38.8 Å². The SMILES string of the molecule is Nc1ccc(C(=O)O)cc1Oc1cccc(Cl)c1Cl. The first-order chi connectivity index (χ1) is 8.99. The lowest BCUT2D eigenvalue weighted by Gasteiger charge is -2.11. The standard InChI is InChI=1S/C13H9Cl2NO3/c14-8-2-1-3-10(12(8)15)19-11-6-7(13(17)18)4-5-9(11)16/h1-6H,16H2,(H,17,18). The Bertz CT molecular complexity index is 644. The van der Waals surface area contributed by atoms with Gasteiger partial charge in [-0.1, -0.05) is 29.3 Å². The second-order valence-electron chi connectivity index (χ2n) is 3.71. The van der Waals surface area contributed by atoms with Crippen LogP contribution in [0.25, 0.3) is 0 Å². The molecule has 2 rings (SSSR count). The van der Waals surface area contributed by atoms with Gasteiger partial charge >= 0.3 is 5.97 Å². The molecule has 6 heteroatoms. The van der Waals surface area contributed by atoms with Gasteiger partial charge in [-0.05, 0) is 30.3 Å². The molecular formula is C13H9Cl2NO3. The van der Waals surface area contributed by atoms with Crippen molar-refractivity contribution in [3.8, 4) is 11.5 Å². The van der Waals surface area contributed by atoms with Crippen molar-refractivity contribution >= 4 is 34.9 Å². The minimum absolute atomic E-state index is 0.0716. The summed E-state index contributed by atoms with van der Waals surface area (Å²) in [5, 5.41) is 9.50. The molecule has 0 aliphatic heterocycles. The molecule has 0 unspecified atom stereocenters. The topological polar surface area (TPSA) is 72.6 Å². The van der Waals surface area contributed by atoms with Gasteiger partial charge in [0, 0.05) is 0 Å². The zero-order valence-corrected chi connectivity index (χ0v) is 11.1. The van der Waals surface area contributed by atoms with Gasteiger partial charge in [0.25, 0.3) is 0 Å². The first-order valence-corrected chi connectivity index (χ1v) is 5.99. The highest BCUT2D eigenvalue weighted by Crippen LogP contribution is 2.36. The average molecular weight is 298 g/mol. The van der Waals surface area contributed by atoms with E-state index in [0.29, 0.717) is 16.5 Å². The van der Waals surface area contributed by atoms with Crippen LogP contribution in [0.3, 0.4) is 0 Å². The molecule has 4 nitrogen and oxygen atoms in total. The monoisotopic (exact) mass is 297 g/mol. The smallest absolute Gasteiger partial charge is 0.335 e. The van der Waals surface area contributed by atoms with Gasteiger partial charge < -0.3 is 15.6 Å². The Morgan fingerprint density at radius 1 is 1.16 bits per heavy atom. The predicted molar refractivity (Wildman–Crippen MR) is 74.3 cm³/mol. The number of halogens is 2. The number of aromatic carboxylic acids is 1. The Kier molecular flexibility index (Phi) is 3.83. The van der Waals surface area contributed by atoms with Gasteiger partial charge in [0.05, 0.1) is 16.3 Å². The highest BCUT2D eigenvalue weighted by atomic mass is 35.5. The molecule has 98 valence electrons. The Balaban J connectivity index is 2.40. The van der Waals surface area contributed by atoms with Crippen molar-refractivity contribution in [2.45, 2.75) is 0 Å². The van der Waals surface area contributed by atoms with Crippen molar-refractivity contribution in [3.63, 3.8) is 0 Å². The number of ether oxygens (including phenoxy) is 1. The highest BCUT2D eigenvalue weighted by Gasteiger charge is 2.11. The summed E-state index contributed by atoms with van der Waals surface area (Å²) < 4.78 is 5.51. The maximum absolute atomic E-state index is 10.9. The van der Waals surface area contributed by atoms with E-state index in [-0.39, 0.29) is 16.3 Å². The second-order valence-corrected chi connectivity index (χ2v) is 4.50. The number of carboxylic acid groups (broad SMARTS) is 1. The Morgan fingerprint density at radius 3 is 2.58 bits per heavy atom. The molecule has 0 heterocycles. The molecule has 0 bridgehead atoms. The van der Waals surface area contributed by atoms with Crippen LogP contribution >= 0.6 is 23.2 Å². The van der Waals surface area contributed by atoms with Crippen molar-refractivity contribution in [1.82, 2.24) is 0 Å². The quantitative estimate of drug-likeness (QED) is 0.838. The van der Waals surface area contributed by atoms with Crippen molar-refractivity contribution in [3.05, 3.63) is 52.0 Å². The molecule has 19 heavy (non-hydrogen) atoms. The van der Waals surface area contributed by atoms with Gasteiger partial charge in [-0.25, -0.2) is 4.79 Å². The van der Waals surface area contributed by atoms with Crippen LogP contribution in [0.4, 0.5) is 5.69 Å². The van der Waals surface area contributed by atoms with Crippen molar-refractivity contribution in [2.75, 3.05) is 5.73 Å². The molecule has 0 amide bonds. The number of benzene rings is 2. The fourth-order valence-corrected chi connectivity index (χ4v) is 1.77. The van der Waals surface area contributed by atoms with Gasteiger partial charge in [0.15, 0.2) is 5.75 Å². The summed E-state index contributed by atoms with van der Waals surface area (Å²) in [7, 11) is 0. The van der Waals surface area contributed by atoms with Gasteiger partial charge in [0.1, 0.15) is 10.8 Å². The molecule has 0 atom stereocenters. The number of nitrogen functional groups attached to an aromatic ring is 1. The van der Waals surface area contributed by atoms with Gasteiger partial charge in [-0.15, -0.1) is 0 Å². The number of carboxylic acids is 1. The zero-order valence-electron chi connectivity index (χ0n) is 9.56. The minimum Gasteiger partial charge on any atom is -0.478 e. The van der Waals surface area contributed by atoms with Crippen LogP contribution in [-0.4, -0.2) is 11.1 Å². The van der Waals surface area contributed by atoms with Crippen LogP contribution in [0.15, 0.2) is 36.4 Å². The number of anilines is 1.